The molecule has 47 heavy (non-hydrogen) atoms. The molecule has 0 N–H and O–H groups in total. The van der Waals surface area contributed by atoms with Crippen LogP contribution in [-0.4, -0.2) is 12.4 Å². The highest BCUT2D eigenvalue weighted by Gasteiger charge is 2.42. The zero-order chi connectivity index (χ0) is 32.9. The molecule has 1 aliphatic carbocycles. The molecule has 250 valence electrons. The summed E-state index contributed by atoms with van der Waals surface area (Å²) in [6.07, 6.45) is 24.1. The highest BCUT2D eigenvalue weighted by molar-refractivity contribution is 7.14. The van der Waals surface area contributed by atoms with E-state index in [1.54, 1.807) is 0 Å². The first-order valence-corrected chi connectivity index (χ1v) is 20.3. The monoisotopic (exact) mass is 664 g/mol. The molecule has 5 rings (SSSR count). The summed E-state index contributed by atoms with van der Waals surface area (Å²) in [5.74, 6) is 0. The van der Waals surface area contributed by atoms with Gasteiger partial charge in [-0.3, -0.25) is 9.98 Å². The van der Waals surface area contributed by atoms with Crippen molar-refractivity contribution < 1.29 is 0 Å². The second-order valence-electron chi connectivity index (χ2n) is 13.5. The van der Waals surface area contributed by atoms with Crippen molar-refractivity contribution in [3.63, 3.8) is 0 Å². The Labute approximate surface area is 293 Å². The minimum Gasteiger partial charge on any atom is -0.255 e. The summed E-state index contributed by atoms with van der Waals surface area (Å²) in [5, 5.41) is 0. The first-order valence-electron chi connectivity index (χ1n) is 18.6. The van der Waals surface area contributed by atoms with Crippen LogP contribution in [0.25, 0.3) is 11.1 Å². The van der Waals surface area contributed by atoms with Crippen LogP contribution in [0.5, 0.6) is 0 Å². The Hall–Kier alpha value is -2.82. The number of benzene rings is 2. The average Bonchev–Trinajstić information content (AvgIpc) is 3.82. The number of aryl methyl sites for hydroxylation is 2. The first-order chi connectivity index (χ1) is 23.1. The van der Waals surface area contributed by atoms with Gasteiger partial charge in [0, 0.05) is 37.4 Å². The van der Waals surface area contributed by atoms with Crippen molar-refractivity contribution in [2.45, 2.75) is 136 Å². The van der Waals surface area contributed by atoms with Gasteiger partial charge in [0.1, 0.15) is 0 Å². The Kier molecular flexibility index (Phi) is 13.7. The molecule has 1 aliphatic rings. The van der Waals surface area contributed by atoms with Gasteiger partial charge in [0.25, 0.3) is 0 Å². The van der Waals surface area contributed by atoms with Crippen LogP contribution in [0.2, 0.25) is 0 Å². The molecule has 0 aliphatic heterocycles. The Balaban J connectivity index is 1.49. The maximum Gasteiger partial charge on any atom is 0.0633 e. The smallest absolute Gasteiger partial charge is 0.0633 e. The normalized spacial score (nSPS) is 13.6. The topological polar surface area (TPSA) is 24.7 Å². The van der Waals surface area contributed by atoms with E-state index in [-0.39, 0.29) is 5.41 Å². The number of fused-ring (bicyclic) bond motifs is 3. The van der Waals surface area contributed by atoms with E-state index in [1.807, 2.05) is 22.7 Å². The SMILES string of the molecule is CCCCCCC1(CCCCCC)c2cc(N=Cc3ccc(CCCC)s3)ccc2-c2ccc(N=Cc3ccc(CCCC)s3)cc21. The molecule has 0 saturated carbocycles. The van der Waals surface area contributed by atoms with Crippen LogP contribution in [0.15, 0.2) is 70.6 Å². The van der Waals surface area contributed by atoms with E-state index in [2.05, 4.69) is 101 Å². The van der Waals surface area contributed by atoms with E-state index in [9.17, 15) is 0 Å². The van der Waals surface area contributed by atoms with Crippen molar-refractivity contribution in [3.8, 4) is 11.1 Å². The molecule has 0 fully saturated rings. The van der Waals surface area contributed by atoms with Gasteiger partial charge in [0.15, 0.2) is 0 Å². The summed E-state index contributed by atoms with van der Waals surface area (Å²) in [4.78, 5) is 15.5. The molecule has 2 nitrogen and oxygen atoms in total. The summed E-state index contributed by atoms with van der Waals surface area (Å²) in [5.41, 5.74) is 7.93. The number of hydrogen-bond acceptors (Lipinski definition) is 4. The molecular weight excluding hydrogens is 609 g/mol. The van der Waals surface area contributed by atoms with Gasteiger partial charge in [-0.15, -0.1) is 22.7 Å². The second kappa shape index (κ2) is 18.1. The van der Waals surface area contributed by atoms with Gasteiger partial charge in [-0.25, -0.2) is 0 Å². The lowest BCUT2D eigenvalue weighted by atomic mass is 9.70. The molecule has 0 spiro atoms. The largest absolute Gasteiger partial charge is 0.255 e. The molecule has 0 amide bonds. The number of aliphatic imine (C=N–C) groups is 2. The molecule has 2 aromatic carbocycles. The Bertz CT molecular complexity index is 1480. The third kappa shape index (κ3) is 9.21. The predicted molar refractivity (Wildman–Crippen MR) is 211 cm³/mol. The molecule has 4 heteroatoms. The van der Waals surface area contributed by atoms with E-state index in [0.717, 1.165) is 11.4 Å². The molecule has 0 saturated heterocycles. The maximum absolute atomic E-state index is 5.06. The van der Waals surface area contributed by atoms with Crippen LogP contribution in [-0.2, 0) is 18.3 Å². The quantitative estimate of drug-likeness (QED) is 0.0663. The number of nitrogens with zero attached hydrogens (tertiary/aromatic N) is 2. The van der Waals surface area contributed by atoms with Crippen molar-refractivity contribution in [2.75, 3.05) is 0 Å². The number of hydrogen-bond donors (Lipinski definition) is 0. The number of thiophene rings is 2. The van der Waals surface area contributed by atoms with Crippen LogP contribution in [0.3, 0.4) is 0 Å². The van der Waals surface area contributed by atoms with Gasteiger partial charge in [-0.1, -0.05) is 104 Å². The Morgan fingerprint density at radius 2 is 0.957 bits per heavy atom. The van der Waals surface area contributed by atoms with Crippen molar-refractivity contribution in [2.24, 2.45) is 9.98 Å². The summed E-state index contributed by atoms with van der Waals surface area (Å²) >= 11 is 3.77. The standard InChI is InChI=1S/C43H56N2S2/c1-5-9-13-15-27-43(28-16-14-10-6-2)41-29-33(44-31-37-23-21-35(46-37)17-11-7-3)19-25-39(41)40-26-20-34(30-42(40)43)45-32-38-24-22-36(47-38)18-12-8-4/h19-26,29-32H,5-18,27-28H2,1-4H3. The first kappa shape index (κ1) is 35.5. The molecule has 0 unspecified atom stereocenters. The fourth-order valence-electron chi connectivity index (χ4n) is 7.18. The summed E-state index contributed by atoms with van der Waals surface area (Å²) in [7, 11) is 0. The summed E-state index contributed by atoms with van der Waals surface area (Å²) in [6, 6.07) is 23.1. The Morgan fingerprint density at radius 3 is 1.38 bits per heavy atom. The molecule has 2 aromatic heterocycles. The van der Waals surface area contributed by atoms with Crippen molar-refractivity contribution >= 4 is 46.5 Å². The fraction of sp³-hybridized carbons (Fsp3) is 0.488. The number of unbranched alkanes of at least 4 members (excludes halogenated alkanes) is 8. The van der Waals surface area contributed by atoms with Crippen LogP contribution in [0.4, 0.5) is 11.4 Å². The van der Waals surface area contributed by atoms with E-state index in [1.165, 1.54) is 144 Å². The average molecular weight is 665 g/mol. The lowest BCUT2D eigenvalue weighted by Crippen LogP contribution is -2.25. The molecule has 0 radical (unpaired) electrons. The number of rotatable bonds is 20. The van der Waals surface area contributed by atoms with E-state index in [0.29, 0.717) is 0 Å². The lowest BCUT2D eigenvalue weighted by Gasteiger charge is -2.33. The van der Waals surface area contributed by atoms with Crippen LogP contribution < -0.4 is 0 Å². The molecule has 4 aromatic rings. The summed E-state index contributed by atoms with van der Waals surface area (Å²) < 4.78 is 0. The zero-order valence-corrected chi connectivity index (χ0v) is 31.1. The van der Waals surface area contributed by atoms with E-state index < -0.39 is 0 Å². The van der Waals surface area contributed by atoms with Gasteiger partial charge < -0.3 is 0 Å². The van der Waals surface area contributed by atoms with Gasteiger partial charge >= 0.3 is 0 Å². The van der Waals surface area contributed by atoms with Crippen LogP contribution >= 0.6 is 22.7 Å². The van der Waals surface area contributed by atoms with Crippen LogP contribution in [0, 0.1) is 0 Å². The highest BCUT2D eigenvalue weighted by Crippen LogP contribution is 2.55. The van der Waals surface area contributed by atoms with Crippen LogP contribution in [0.1, 0.15) is 148 Å². The van der Waals surface area contributed by atoms with Gasteiger partial charge in [-0.2, -0.15) is 0 Å². The van der Waals surface area contributed by atoms with Gasteiger partial charge in [0.2, 0.25) is 0 Å². The minimum absolute atomic E-state index is 0.00964. The minimum atomic E-state index is 0.00964. The maximum atomic E-state index is 5.06. The second-order valence-corrected chi connectivity index (χ2v) is 15.9. The molecular formula is C43H56N2S2. The van der Waals surface area contributed by atoms with Crippen molar-refractivity contribution in [3.05, 3.63) is 91.3 Å². The predicted octanol–water partition coefficient (Wildman–Crippen LogP) is 14.2. The Morgan fingerprint density at radius 1 is 0.511 bits per heavy atom. The lowest BCUT2D eigenvalue weighted by molar-refractivity contribution is 0.401. The molecule has 2 heterocycles. The van der Waals surface area contributed by atoms with E-state index >= 15 is 0 Å². The van der Waals surface area contributed by atoms with Crippen molar-refractivity contribution in [1.82, 2.24) is 0 Å². The third-order valence-electron chi connectivity index (χ3n) is 9.84. The van der Waals surface area contributed by atoms with Gasteiger partial charge in [-0.05, 0) is 109 Å². The molecule has 0 bridgehead atoms. The zero-order valence-electron chi connectivity index (χ0n) is 29.5. The van der Waals surface area contributed by atoms with E-state index in [4.69, 9.17) is 9.98 Å². The fourth-order valence-corrected chi connectivity index (χ4v) is 9.03. The van der Waals surface area contributed by atoms with Gasteiger partial charge in [0.05, 0.1) is 11.4 Å². The van der Waals surface area contributed by atoms with Crippen molar-refractivity contribution in [1.29, 1.82) is 0 Å². The molecule has 0 atom stereocenters. The summed E-state index contributed by atoms with van der Waals surface area (Å²) in [6.45, 7) is 9.16. The third-order valence-corrected chi connectivity index (χ3v) is 12.0. The highest BCUT2D eigenvalue weighted by atomic mass is 32.1.